The smallest absolute Gasteiger partial charge is 0.0995 e. The highest BCUT2D eigenvalue weighted by molar-refractivity contribution is 5.84. The van der Waals surface area contributed by atoms with Gasteiger partial charge in [-0.3, -0.25) is 10.3 Å². The van der Waals surface area contributed by atoms with Crippen LogP contribution < -0.4 is 5.73 Å². The Bertz CT molecular complexity index is 416. The van der Waals surface area contributed by atoms with E-state index < -0.39 is 5.60 Å². The van der Waals surface area contributed by atoms with Gasteiger partial charge >= 0.3 is 0 Å². The molecule has 0 radical (unpaired) electrons. The molecule has 4 heteroatoms. The van der Waals surface area contributed by atoms with Crippen molar-refractivity contribution in [2.45, 2.75) is 24.9 Å². The number of benzene rings is 1. The second kappa shape index (κ2) is 5.08. The van der Waals surface area contributed by atoms with E-state index in [1.165, 1.54) is 0 Å². The lowest BCUT2D eigenvalue weighted by atomic mass is 9.97. The Morgan fingerprint density at radius 2 is 2.17 bits per heavy atom. The van der Waals surface area contributed by atoms with Crippen molar-refractivity contribution in [2.75, 3.05) is 19.6 Å². The average Bonchev–Trinajstić information content (AvgIpc) is 2.66. The number of β-amino-alcohol motifs (C(OH)–C–C–N with tert-alkyl or cyclic N) is 1. The summed E-state index contributed by atoms with van der Waals surface area (Å²) in [6.07, 6.45) is 0.784. The summed E-state index contributed by atoms with van der Waals surface area (Å²) < 4.78 is 0. The fourth-order valence-corrected chi connectivity index (χ4v) is 2.52. The van der Waals surface area contributed by atoms with E-state index in [1.807, 2.05) is 37.3 Å². The van der Waals surface area contributed by atoms with Crippen LogP contribution in [0.1, 0.15) is 24.8 Å². The molecule has 2 unspecified atom stereocenters. The van der Waals surface area contributed by atoms with Crippen LogP contribution in [0.5, 0.6) is 0 Å². The molecule has 1 saturated heterocycles. The molecule has 0 saturated carbocycles. The lowest BCUT2D eigenvalue weighted by Gasteiger charge is -2.24. The molecule has 1 aromatic carbocycles. The predicted molar refractivity (Wildman–Crippen MR) is 72.8 cm³/mol. The fraction of sp³-hybridized carbons (Fsp3) is 0.500. The number of likely N-dealkylation sites (tertiary alicyclic amines) is 1. The predicted octanol–water partition coefficient (Wildman–Crippen LogP) is 1.16. The minimum Gasteiger partial charge on any atom is -0.389 e. The Labute approximate surface area is 108 Å². The molecule has 1 heterocycles. The van der Waals surface area contributed by atoms with E-state index in [9.17, 15) is 5.11 Å². The molecule has 0 amide bonds. The molecule has 0 bridgehead atoms. The second-order valence-corrected chi connectivity index (χ2v) is 5.40. The van der Waals surface area contributed by atoms with E-state index >= 15 is 0 Å². The van der Waals surface area contributed by atoms with Crippen LogP contribution in [0.25, 0.3) is 0 Å². The van der Waals surface area contributed by atoms with E-state index in [0.717, 1.165) is 18.5 Å². The molecule has 4 N–H and O–H groups in total. The Morgan fingerprint density at radius 3 is 2.67 bits per heavy atom. The summed E-state index contributed by atoms with van der Waals surface area (Å²) in [5.41, 5.74) is 6.18. The minimum atomic E-state index is -0.599. The first-order chi connectivity index (χ1) is 8.48. The van der Waals surface area contributed by atoms with Crippen molar-refractivity contribution in [1.82, 2.24) is 4.90 Å². The van der Waals surface area contributed by atoms with Crippen LogP contribution in [0, 0.1) is 5.41 Å². The van der Waals surface area contributed by atoms with E-state index in [4.69, 9.17) is 11.1 Å². The summed E-state index contributed by atoms with van der Waals surface area (Å²) in [6.45, 7) is 4.08. The molecule has 2 rings (SSSR count). The standard InChI is InChI=1S/C14H21N3O/c1-14(18)7-8-17(10-14)9-12(13(15)16)11-5-3-2-4-6-11/h2-6,12,18H,7-10H2,1H3,(H3,15,16). The first-order valence-corrected chi connectivity index (χ1v) is 6.31. The van der Waals surface area contributed by atoms with Crippen molar-refractivity contribution in [1.29, 1.82) is 5.41 Å². The molecule has 1 fully saturated rings. The molecule has 18 heavy (non-hydrogen) atoms. The molecule has 1 aliphatic heterocycles. The number of hydrogen-bond donors (Lipinski definition) is 3. The van der Waals surface area contributed by atoms with Crippen LogP contribution in [0.4, 0.5) is 0 Å². The maximum atomic E-state index is 9.96. The topological polar surface area (TPSA) is 73.3 Å². The lowest BCUT2D eigenvalue weighted by Crippen LogP contribution is -2.36. The average molecular weight is 247 g/mol. The number of rotatable bonds is 4. The summed E-state index contributed by atoms with van der Waals surface area (Å²) in [7, 11) is 0. The monoisotopic (exact) mass is 247 g/mol. The van der Waals surface area contributed by atoms with Crippen LogP contribution >= 0.6 is 0 Å². The molecule has 0 aliphatic carbocycles. The lowest BCUT2D eigenvalue weighted by molar-refractivity contribution is 0.0686. The summed E-state index contributed by atoms with van der Waals surface area (Å²) >= 11 is 0. The minimum absolute atomic E-state index is 0.0832. The highest BCUT2D eigenvalue weighted by Crippen LogP contribution is 2.24. The first kappa shape index (κ1) is 13.1. The van der Waals surface area contributed by atoms with Gasteiger partial charge in [0.15, 0.2) is 0 Å². The molecular weight excluding hydrogens is 226 g/mol. The largest absolute Gasteiger partial charge is 0.389 e. The van der Waals surface area contributed by atoms with Crippen LogP contribution in [0.2, 0.25) is 0 Å². The second-order valence-electron chi connectivity index (χ2n) is 5.40. The Hall–Kier alpha value is -1.39. The van der Waals surface area contributed by atoms with Gasteiger partial charge in [-0.2, -0.15) is 0 Å². The van der Waals surface area contributed by atoms with Crippen molar-refractivity contribution in [3.8, 4) is 0 Å². The third kappa shape index (κ3) is 3.09. The quantitative estimate of drug-likeness (QED) is 0.552. The van der Waals surface area contributed by atoms with Crippen LogP contribution in [-0.2, 0) is 0 Å². The van der Waals surface area contributed by atoms with Gasteiger partial charge in [-0.15, -0.1) is 0 Å². The van der Waals surface area contributed by atoms with Crippen molar-refractivity contribution < 1.29 is 5.11 Å². The number of nitrogens with one attached hydrogen (secondary N) is 1. The van der Waals surface area contributed by atoms with Crippen LogP contribution in [0.3, 0.4) is 0 Å². The summed E-state index contributed by atoms with van der Waals surface area (Å²) in [4.78, 5) is 2.18. The maximum absolute atomic E-state index is 9.96. The SMILES string of the molecule is CC1(O)CCN(CC(C(=N)N)c2ccccc2)C1. The van der Waals surface area contributed by atoms with E-state index in [2.05, 4.69) is 4.90 Å². The van der Waals surface area contributed by atoms with Crippen molar-refractivity contribution in [3.63, 3.8) is 0 Å². The van der Waals surface area contributed by atoms with Gasteiger partial charge in [0.05, 0.1) is 17.4 Å². The van der Waals surface area contributed by atoms with Gasteiger partial charge in [-0.1, -0.05) is 30.3 Å². The molecule has 2 atom stereocenters. The molecule has 4 nitrogen and oxygen atoms in total. The molecule has 98 valence electrons. The Kier molecular flexibility index (Phi) is 3.68. The summed E-state index contributed by atoms with van der Waals surface area (Å²) in [5, 5.41) is 17.7. The highest BCUT2D eigenvalue weighted by Gasteiger charge is 2.32. The number of nitrogens with zero attached hydrogens (tertiary/aromatic N) is 1. The van der Waals surface area contributed by atoms with E-state index in [-0.39, 0.29) is 11.8 Å². The zero-order valence-corrected chi connectivity index (χ0v) is 10.8. The summed E-state index contributed by atoms with van der Waals surface area (Å²) in [5.74, 6) is 0.104. The van der Waals surface area contributed by atoms with Crippen molar-refractivity contribution in [2.24, 2.45) is 5.73 Å². The van der Waals surface area contributed by atoms with Gasteiger partial charge < -0.3 is 10.8 Å². The first-order valence-electron chi connectivity index (χ1n) is 6.31. The molecule has 0 aromatic heterocycles. The molecular formula is C14H21N3O. The third-order valence-corrected chi connectivity index (χ3v) is 3.55. The van der Waals surface area contributed by atoms with Gasteiger partial charge in [0.1, 0.15) is 0 Å². The Balaban J connectivity index is 2.07. The number of nitrogens with two attached hydrogens (primary N) is 1. The van der Waals surface area contributed by atoms with Gasteiger partial charge in [0.2, 0.25) is 0 Å². The van der Waals surface area contributed by atoms with Gasteiger partial charge in [-0.25, -0.2) is 0 Å². The van der Waals surface area contributed by atoms with Crippen molar-refractivity contribution in [3.05, 3.63) is 35.9 Å². The van der Waals surface area contributed by atoms with Crippen LogP contribution in [-0.4, -0.2) is 41.1 Å². The van der Waals surface area contributed by atoms with E-state index in [1.54, 1.807) is 0 Å². The van der Waals surface area contributed by atoms with Gasteiger partial charge in [0.25, 0.3) is 0 Å². The maximum Gasteiger partial charge on any atom is 0.0995 e. The van der Waals surface area contributed by atoms with Gasteiger partial charge in [0, 0.05) is 19.6 Å². The molecule has 1 aliphatic rings. The molecule has 0 spiro atoms. The number of amidine groups is 1. The highest BCUT2D eigenvalue weighted by atomic mass is 16.3. The number of aliphatic hydroxyl groups is 1. The summed E-state index contributed by atoms with van der Waals surface area (Å²) in [6, 6.07) is 9.89. The Morgan fingerprint density at radius 1 is 1.50 bits per heavy atom. The van der Waals surface area contributed by atoms with Gasteiger partial charge in [-0.05, 0) is 18.9 Å². The third-order valence-electron chi connectivity index (χ3n) is 3.55. The number of hydrogen-bond acceptors (Lipinski definition) is 3. The zero-order chi connectivity index (χ0) is 13.2. The fourth-order valence-electron chi connectivity index (χ4n) is 2.52. The molecule has 1 aromatic rings. The van der Waals surface area contributed by atoms with Crippen LogP contribution in [0.15, 0.2) is 30.3 Å². The zero-order valence-electron chi connectivity index (χ0n) is 10.8. The van der Waals surface area contributed by atoms with E-state index in [0.29, 0.717) is 13.1 Å². The normalized spacial score (nSPS) is 26.1. The van der Waals surface area contributed by atoms with Crippen molar-refractivity contribution >= 4 is 5.84 Å².